The van der Waals surface area contributed by atoms with E-state index >= 15 is 0 Å². The molecule has 23 heavy (non-hydrogen) atoms. The molecule has 0 heterocycles. The predicted octanol–water partition coefficient (Wildman–Crippen LogP) is 3.60. The van der Waals surface area contributed by atoms with Crippen LogP contribution in [0.5, 0.6) is 0 Å². The van der Waals surface area contributed by atoms with Crippen LogP contribution in [-0.4, -0.2) is 32.4 Å². The molecule has 0 fully saturated rings. The fourth-order valence-corrected chi connectivity index (χ4v) is 2.74. The molecule has 0 saturated heterocycles. The molecule has 0 aliphatic heterocycles. The highest BCUT2D eigenvalue weighted by Crippen LogP contribution is 2.04. The van der Waals surface area contributed by atoms with Crippen LogP contribution in [0.2, 0.25) is 0 Å². The van der Waals surface area contributed by atoms with Crippen LogP contribution in [0.25, 0.3) is 6.08 Å². The van der Waals surface area contributed by atoms with E-state index in [0.717, 1.165) is 36.7 Å². The zero-order valence-electron chi connectivity index (χ0n) is 13.9. The van der Waals surface area contributed by atoms with E-state index < -0.39 is 16.1 Å². The normalized spacial score (nSPS) is 11.6. The summed E-state index contributed by atoms with van der Waals surface area (Å²) < 4.78 is 26.2. The summed E-state index contributed by atoms with van der Waals surface area (Å²) in [6.45, 7) is 5.21. The Hall–Kier alpha value is -1.82. The number of rotatable bonds is 9. The first kappa shape index (κ1) is 19.2. The second kappa shape index (κ2) is 10.0. The predicted molar refractivity (Wildman–Crippen MR) is 94.3 cm³/mol. The number of nitrogens with one attached hydrogen (secondary N) is 1. The third-order valence-electron chi connectivity index (χ3n) is 3.32. The topological polar surface area (TPSA) is 66.5 Å². The SMILES string of the molecule is CCCCN(CCCC)C(=O)NS(=O)(=O)C=Cc1ccccc1. The van der Waals surface area contributed by atoms with Crippen molar-refractivity contribution < 1.29 is 13.2 Å². The first-order chi connectivity index (χ1) is 11.0. The van der Waals surface area contributed by atoms with Crippen LogP contribution in [-0.2, 0) is 10.0 Å². The first-order valence-electron chi connectivity index (χ1n) is 8.03. The molecule has 128 valence electrons. The number of hydrogen-bond donors (Lipinski definition) is 1. The van der Waals surface area contributed by atoms with Gasteiger partial charge in [0.2, 0.25) is 0 Å². The average molecular weight is 338 g/mol. The van der Waals surface area contributed by atoms with Gasteiger partial charge >= 0.3 is 6.03 Å². The molecule has 2 amide bonds. The van der Waals surface area contributed by atoms with E-state index in [4.69, 9.17) is 0 Å². The highest BCUT2D eigenvalue weighted by molar-refractivity contribution is 7.93. The fraction of sp³-hybridized carbons (Fsp3) is 0.471. The molecule has 1 rings (SSSR count). The molecule has 0 spiro atoms. The summed E-state index contributed by atoms with van der Waals surface area (Å²) in [5, 5.41) is 1.03. The summed E-state index contributed by atoms with van der Waals surface area (Å²) >= 11 is 0. The molecule has 0 unspecified atom stereocenters. The van der Waals surface area contributed by atoms with Gasteiger partial charge in [-0.25, -0.2) is 17.9 Å². The number of carbonyl (C=O) groups is 1. The Balaban J connectivity index is 2.69. The maximum atomic E-state index is 12.2. The molecule has 6 heteroatoms. The van der Waals surface area contributed by atoms with Gasteiger partial charge in [0.1, 0.15) is 0 Å². The molecule has 0 bridgehead atoms. The van der Waals surface area contributed by atoms with Gasteiger partial charge < -0.3 is 4.90 Å². The second-order valence-corrected chi connectivity index (χ2v) is 6.93. The number of hydrogen-bond acceptors (Lipinski definition) is 3. The highest BCUT2D eigenvalue weighted by atomic mass is 32.2. The standard InChI is InChI=1S/C17H26N2O3S/c1-3-5-13-19(14-6-4-2)17(20)18-23(21,22)15-12-16-10-8-7-9-11-16/h7-12,15H,3-6,13-14H2,1-2H3,(H,18,20). The maximum absolute atomic E-state index is 12.2. The van der Waals surface area contributed by atoms with E-state index in [0.29, 0.717) is 13.1 Å². The van der Waals surface area contributed by atoms with Gasteiger partial charge in [-0.05, 0) is 24.5 Å². The minimum atomic E-state index is -3.80. The third kappa shape index (κ3) is 7.83. The Bertz CT molecular complexity index is 590. The van der Waals surface area contributed by atoms with Crippen LogP contribution < -0.4 is 4.72 Å². The van der Waals surface area contributed by atoms with Crippen molar-refractivity contribution in [1.82, 2.24) is 9.62 Å². The molecule has 1 aromatic rings. The molecule has 0 aliphatic carbocycles. The van der Waals surface area contributed by atoms with Crippen molar-refractivity contribution in [3.63, 3.8) is 0 Å². The molecule has 5 nitrogen and oxygen atoms in total. The van der Waals surface area contributed by atoms with Gasteiger partial charge in [0.25, 0.3) is 10.0 Å². The Labute approximate surface area is 139 Å². The van der Waals surface area contributed by atoms with Crippen LogP contribution >= 0.6 is 0 Å². The first-order valence-corrected chi connectivity index (χ1v) is 9.58. The Kier molecular flexibility index (Phi) is 8.40. The Morgan fingerprint density at radius 1 is 1.09 bits per heavy atom. The number of sulfonamides is 1. The lowest BCUT2D eigenvalue weighted by molar-refractivity contribution is 0.202. The summed E-state index contributed by atoms with van der Waals surface area (Å²) in [6, 6.07) is 8.53. The number of unbranched alkanes of at least 4 members (excludes halogenated alkanes) is 2. The Morgan fingerprint density at radius 3 is 2.17 bits per heavy atom. The molecule has 0 radical (unpaired) electrons. The van der Waals surface area contributed by atoms with Crippen molar-refractivity contribution in [3.05, 3.63) is 41.3 Å². The van der Waals surface area contributed by atoms with Crippen LogP contribution in [0.4, 0.5) is 4.79 Å². The summed E-state index contributed by atoms with van der Waals surface area (Å²) in [5.41, 5.74) is 0.763. The Morgan fingerprint density at radius 2 is 1.65 bits per heavy atom. The van der Waals surface area contributed by atoms with Crippen LogP contribution in [0, 0.1) is 0 Å². The van der Waals surface area contributed by atoms with E-state index in [-0.39, 0.29) is 0 Å². The third-order valence-corrected chi connectivity index (χ3v) is 4.27. The molecule has 1 N–H and O–H groups in total. The smallest absolute Gasteiger partial charge is 0.324 e. The van der Waals surface area contributed by atoms with Crippen molar-refractivity contribution in [2.75, 3.05) is 13.1 Å². The van der Waals surface area contributed by atoms with Gasteiger partial charge in [-0.15, -0.1) is 0 Å². The lowest BCUT2D eigenvalue weighted by atomic mass is 10.2. The number of urea groups is 1. The monoisotopic (exact) mass is 338 g/mol. The number of amides is 2. The van der Waals surface area contributed by atoms with Gasteiger partial charge in [0, 0.05) is 13.1 Å². The average Bonchev–Trinajstić information content (AvgIpc) is 2.53. The van der Waals surface area contributed by atoms with Crippen LogP contribution in [0.1, 0.15) is 45.1 Å². The summed E-state index contributed by atoms with van der Waals surface area (Å²) in [6.07, 6.45) is 5.10. The minimum Gasteiger partial charge on any atom is -0.324 e. The van der Waals surface area contributed by atoms with E-state index in [2.05, 4.69) is 4.72 Å². The quantitative estimate of drug-likeness (QED) is 0.748. The highest BCUT2D eigenvalue weighted by Gasteiger charge is 2.17. The van der Waals surface area contributed by atoms with E-state index in [9.17, 15) is 13.2 Å². The number of benzene rings is 1. The van der Waals surface area contributed by atoms with Gasteiger partial charge in [-0.1, -0.05) is 57.0 Å². The molecular formula is C17H26N2O3S. The van der Waals surface area contributed by atoms with E-state index in [1.807, 2.05) is 32.0 Å². The van der Waals surface area contributed by atoms with Gasteiger partial charge in [0.05, 0.1) is 5.41 Å². The molecule has 1 aromatic carbocycles. The van der Waals surface area contributed by atoms with Gasteiger partial charge in [-0.2, -0.15) is 0 Å². The zero-order valence-corrected chi connectivity index (χ0v) is 14.7. The van der Waals surface area contributed by atoms with Gasteiger partial charge in [0.15, 0.2) is 0 Å². The minimum absolute atomic E-state index is 0.551. The van der Waals surface area contributed by atoms with Crippen molar-refractivity contribution >= 4 is 22.1 Å². The number of nitrogens with zero attached hydrogens (tertiary/aromatic N) is 1. The van der Waals surface area contributed by atoms with Crippen LogP contribution in [0.15, 0.2) is 35.7 Å². The number of carbonyl (C=O) groups excluding carboxylic acids is 1. The second-order valence-electron chi connectivity index (χ2n) is 5.36. The van der Waals surface area contributed by atoms with Crippen molar-refractivity contribution in [2.24, 2.45) is 0 Å². The van der Waals surface area contributed by atoms with E-state index in [1.165, 1.54) is 6.08 Å². The summed E-state index contributed by atoms with van der Waals surface area (Å²) in [4.78, 5) is 13.8. The van der Waals surface area contributed by atoms with Gasteiger partial charge in [-0.3, -0.25) is 0 Å². The molecular weight excluding hydrogens is 312 g/mol. The van der Waals surface area contributed by atoms with Crippen molar-refractivity contribution in [3.8, 4) is 0 Å². The lowest BCUT2D eigenvalue weighted by Gasteiger charge is -2.22. The van der Waals surface area contributed by atoms with Crippen molar-refractivity contribution in [2.45, 2.75) is 39.5 Å². The fourth-order valence-electron chi connectivity index (χ4n) is 1.97. The summed E-state index contributed by atoms with van der Waals surface area (Å²) in [7, 11) is -3.80. The maximum Gasteiger partial charge on any atom is 0.331 e. The summed E-state index contributed by atoms with van der Waals surface area (Å²) in [5.74, 6) is 0. The van der Waals surface area contributed by atoms with Crippen LogP contribution in [0.3, 0.4) is 0 Å². The lowest BCUT2D eigenvalue weighted by Crippen LogP contribution is -2.43. The molecule has 0 aromatic heterocycles. The zero-order chi connectivity index (χ0) is 17.1. The molecule has 0 atom stereocenters. The molecule has 0 aliphatic rings. The molecule has 0 saturated carbocycles. The largest absolute Gasteiger partial charge is 0.331 e. The van der Waals surface area contributed by atoms with Crippen molar-refractivity contribution in [1.29, 1.82) is 0 Å². The van der Waals surface area contributed by atoms with E-state index in [1.54, 1.807) is 17.0 Å².